The van der Waals surface area contributed by atoms with Crippen molar-refractivity contribution in [1.82, 2.24) is 10.1 Å². The molecule has 0 aromatic carbocycles. The molecular weight excluding hydrogens is 232 g/mol. The minimum Gasteiger partial charge on any atom is -0.361 e. The van der Waals surface area contributed by atoms with E-state index in [1.54, 1.807) is 0 Å². The average molecular weight is 254 g/mol. The van der Waals surface area contributed by atoms with Gasteiger partial charge in [-0.2, -0.15) is 11.8 Å². The minimum absolute atomic E-state index is 0.707. The predicted octanol–water partition coefficient (Wildman–Crippen LogP) is 3.01. The second kappa shape index (κ2) is 5.44. The summed E-state index contributed by atoms with van der Waals surface area (Å²) in [7, 11) is 2.23. The van der Waals surface area contributed by atoms with Crippen LogP contribution in [-0.2, 0) is 6.54 Å². The maximum atomic E-state index is 5.23. The maximum absolute atomic E-state index is 5.23. The topological polar surface area (TPSA) is 29.3 Å². The van der Waals surface area contributed by atoms with Gasteiger partial charge in [-0.05, 0) is 40.0 Å². The molecule has 0 amide bonds. The Kier molecular flexibility index (Phi) is 4.15. The van der Waals surface area contributed by atoms with Gasteiger partial charge in [0.05, 0.1) is 5.69 Å². The number of aryl methyl sites for hydroxylation is 2. The zero-order valence-corrected chi connectivity index (χ0v) is 12.0. The third-order valence-corrected chi connectivity index (χ3v) is 5.03. The zero-order chi connectivity index (χ0) is 12.4. The van der Waals surface area contributed by atoms with Crippen LogP contribution >= 0.6 is 11.8 Å². The van der Waals surface area contributed by atoms with Gasteiger partial charge in [-0.25, -0.2) is 0 Å². The second-order valence-corrected chi connectivity index (χ2v) is 6.07. The average Bonchev–Trinajstić information content (AvgIpc) is 2.90. The van der Waals surface area contributed by atoms with E-state index in [4.69, 9.17) is 4.52 Å². The van der Waals surface area contributed by atoms with Crippen LogP contribution in [0.5, 0.6) is 0 Å². The lowest BCUT2D eigenvalue weighted by atomic mass is 10.1. The molecule has 3 nitrogen and oxygen atoms in total. The summed E-state index contributed by atoms with van der Waals surface area (Å²) in [5.74, 6) is 0.966. The molecule has 96 valence electrons. The van der Waals surface area contributed by atoms with Crippen molar-refractivity contribution in [3.63, 3.8) is 0 Å². The smallest absolute Gasteiger partial charge is 0.138 e. The molecule has 0 unspecified atom stereocenters. The maximum Gasteiger partial charge on any atom is 0.138 e. The van der Waals surface area contributed by atoms with Crippen LogP contribution in [0.25, 0.3) is 0 Å². The fourth-order valence-corrected chi connectivity index (χ4v) is 3.84. The van der Waals surface area contributed by atoms with Crippen LogP contribution in [0.3, 0.4) is 0 Å². The number of hydrogen-bond acceptors (Lipinski definition) is 4. The number of hydrogen-bond donors (Lipinski definition) is 0. The highest BCUT2D eigenvalue weighted by atomic mass is 32.2. The summed E-state index contributed by atoms with van der Waals surface area (Å²) in [5.41, 5.74) is 2.30. The number of thioether (sulfide) groups is 1. The zero-order valence-electron chi connectivity index (χ0n) is 11.2. The van der Waals surface area contributed by atoms with Crippen molar-refractivity contribution in [3.05, 3.63) is 17.0 Å². The van der Waals surface area contributed by atoms with E-state index < -0.39 is 0 Å². The Morgan fingerprint density at radius 1 is 1.41 bits per heavy atom. The minimum atomic E-state index is 0.707. The molecule has 1 aliphatic rings. The highest BCUT2D eigenvalue weighted by molar-refractivity contribution is 7.99. The van der Waals surface area contributed by atoms with Crippen molar-refractivity contribution < 1.29 is 4.52 Å². The van der Waals surface area contributed by atoms with E-state index in [0.717, 1.165) is 23.2 Å². The summed E-state index contributed by atoms with van der Waals surface area (Å²) in [6.07, 6.45) is 6.28. The molecule has 4 heteroatoms. The molecule has 1 fully saturated rings. The van der Waals surface area contributed by atoms with Gasteiger partial charge in [0.2, 0.25) is 0 Å². The van der Waals surface area contributed by atoms with E-state index in [1.807, 2.05) is 25.6 Å². The van der Waals surface area contributed by atoms with Gasteiger partial charge in [0, 0.05) is 23.4 Å². The van der Waals surface area contributed by atoms with Crippen LogP contribution < -0.4 is 0 Å². The molecule has 1 aliphatic carbocycles. The second-order valence-electron chi connectivity index (χ2n) is 4.99. The van der Waals surface area contributed by atoms with Gasteiger partial charge in [-0.1, -0.05) is 11.6 Å². The Labute approximate surface area is 108 Å². The van der Waals surface area contributed by atoms with E-state index in [9.17, 15) is 0 Å². The van der Waals surface area contributed by atoms with E-state index in [2.05, 4.69) is 23.4 Å². The van der Waals surface area contributed by atoms with E-state index in [-0.39, 0.29) is 0 Å². The Hall–Kier alpha value is -0.480. The Bertz CT molecular complexity index is 358. The van der Waals surface area contributed by atoms with Gasteiger partial charge in [-0.3, -0.25) is 4.90 Å². The normalized spacial score (nSPS) is 24.8. The van der Waals surface area contributed by atoms with Crippen molar-refractivity contribution in [3.8, 4) is 0 Å². The van der Waals surface area contributed by atoms with Crippen LogP contribution in [-0.4, -0.2) is 34.7 Å². The molecule has 1 aromatic heterocycles. The summed E-state index contributed by atoms with van der Waals surface area (Å²) in [6, 6.07) is 0.707. The lowest BCUT2D eigenvalue weighted by Gasteiger charge is -2.28. The molecule has 0 bridgehead atoms. The first-order chi connectivity index (χ1) is 8.13. The van der Waals surface area contributed by atoms with Gasteiger partial charge in [0.1, 0.15) is 5.76 Å². The molecule has 0 N–H and O–H groups in total. The summed E-state index contributed by atoms with van der Waals surface area (Å²) in [4.78, 5) is 2.47. The molecule has 1 heterocycles. The van der Waals surface area contributed by atoms with E-state index >= 15 is 0 Å². The number of nitrogens with zero attached hydrogens (tertiary/aromatic N) is 2. The monoisotopic (exact) mass is 254 g/mol. The van der Waals surface area contributed by atoms with Crippen LogP contribution in [0.4, 0.5) is 0 Å². The largest absolute Gasteiger partial charge is 0.361 e. The molecule has 0 radical (unpaired) electrons. The first-order valence-corrected chi connectivity index (χ1v) is 7.57. The molecule has 0 aliphatic heterocycles. The third kappa shape index (κ3) is 2.68. The van der Waals surface area contributed by atoms with Crippen molar-refractivity contribution in [2.24, 2.45) is 0 Å². The quantitative estimate of drug-likeness (QED) is 0.826. The predicted molar refractivity (Wildman–Crippen MR) is 72.4 cm³/mol. The SMILES string of the molecule is CS[C@H]1CCC[C@H]1N(C)Cc1c(C)noc1C. The fourth-order valence-electron chi connectivity index (χ4n) is 2.78. The van der Waals surface area contributed by atoms with Gasteiger partial charge in [-0.15, -0.1) is 0 Å². The Morgan fingerprint density at radius 2 is 2.18 bits per heavy atom. The lowest BCUT2D eigenvalue weighted by Crippen LogP contribution is -2.35. The Morgan fingerprint density at radius 3 is 2.76 bits per heavy atom. The Balaban J connectivity index is 2.04. The number of rotatable bonds is 4. The molecule has 17 heavy (non-hydrogen) atoms. The summed E-state index contributed by atoms with van der Waals surface area (Å²) in [6.45, 7) is 4.99. The van der Waals surface area contributed by atoms with E-state index in [0.29, 0.717) is 6.04 Å². The van der Waals surface area contributed by atoms with Gasteiger partial charge in [0.15, 0.2) is 0 Å². The molecule has 0 saturated heterocycles. The molecule has 1 aromatic rings. The van der Waals surface area contributed by atoms with Crippen LogP contribution in [0.2, 0.25) is 0 Å². The van der Waals surface area contributed by atoms with Gasteiger partial charge < -0.3 is 4.52 Å². The van der Waals surface area contributed by atoms with Crippen molar-refractivity contribution >= 4 is 11.8 Å². The van der Waals surface area contributed by atoms with E-state index in [1.165, 1.54) is 24.8 Å². The molecule has 2 atom stereocenters. The fraction of sp³-hybridized carbons (Fsp3) is 0.769. The van der Waals surface area contributed by atoms with Crippen molar-refractivity contribution in [2.45, 2.75) is 50.9 Å². The molecule has 2 rings (SSSR count). The van der Waals surface area contributed by atoms with Crippen molar-refractivity contribution in [1.29, 1.82) is 0 Å². The summed E-state index contributed by atoms with van der Waals surface area (Å²) < 4.78 is 5.23. The van der Waals surface area contributed by atoms with Crippen LogP contribution in [0.15, 0.2) is 4.52 Å². The van der Waals surface area contributed by atoms with Crippen molar-refractivity contribution in [2.75, 3.05) is 13.3 Å². The van der Waals surface area contributed by atoms with Gasteiger partial charge >= 0.3 is 0 Å². The first-order valence-electron chi connectivity index (χ1n) is 6.28. The first kappa shape index (κ1) is 13.0. The summed E-state index contributed by atoms with van der Waals surface area (Å²) in [5, 5.41) is 4.82. The van der Waals surface area contributed by atoms with Crippen LogP contribution in [0.1, 0.15) is 36.3 Å². The van der Waals surface area contributed by atoms with Gasteiger partial charge in [0.25, 0.3) is 0 Å². The highest BCUT2D eigenvalue weighted by Gasteiger charge is 2.30. The molecule has 0 spiro atoms. The standard InChI is InChI=1S/C13H22N2OS/c1-9-11(10(2)16-14-9)8-15(3)12-6-5-7-13(12)17-4/h12-13H,5-8H2,1-4H3/t12-,13+/m1/s1. The molecule has 1 saturated carbocycles. The third-order valence-electron chi connectivity index (χ3n) is 3.88. The summed E-state index contributed by atoms with van der Waals surface area (Å²) >= 11 is 2.01. The molecular formula is C13H22N2OS. The highest BCUT2D eigenvalue weighted by Crippen LogP contribution is 2.32. The number of aromatic nitrogens is 1. The lowest BCUT2D eigenvalue weighted by molar-refractivity contribution is 0.240. The van der Waals surface area contributed by atoms with Crippen LogP contribution in [0, 0.1) is 13.8 Å².